The number of nitrogens with one attached hydrogen (secondary N) is 2. The maximum absolute atomic E-state index is 12.3. The molecule has 0 bridgehead atoms. The lowest BCUT2D eigenvalue weighted by atomic mass is 9.92. The van der Waals surface area contributed by atoms with Crippen LogP contribution in [0, 0.1) is 5.41 Å². The molecule has 0 fully saturated rings. The monoisotopic (exact) mass is 341 g/mol. The summed E-state index contributed by atoms with van der Waals surface area (Å²) in [6.07, 6.45) is 4.74. The van der Waals surface area contributed by atoms with Crippen molar-refractivity contribution in [2.24, 2.45) is 5.41 Å². The second kappa shape index (κ2) is 6.04. The van der Waals surface area contributed by atoms with Crippen molar-refractivity contribution in [3.8, 4) is 0 Å². The summed E-state index contributed by atoms with van der Waals surface area (Å²) >= 11 is 0. The van der Waals surface area contributed by atoms with Gasteiger partial charge in [0.25, 0.3) is 0 Å². The number of aromatic nitrogens is 3. The predicted octanol–water partition coefficient (Wildman–Crippen LogP) is 3.31. The summed E-state index contributed by atoms with van der Waals surface area (Å²) in [4.78, 5) is 31.8. The van der Waals surface area contributed by atoms with E-state index in [1.807, 2.05) is 39.0 Å². The van der Waals surface area contributed by atoms with Gasteiger partial charge in [0.15, 0.2) is 5.65 Å². The van der Waals surface area contributed by atoms with Crippen LogP contribution in [-0.4, -0.2) is 31.6 Å². The number of rotatable bonds is 4. The first-order valence-electron chi connectivity index (χ1n) is 7.81. The standard InChI is InChI=1S/C17H19N5O3/c1-17(2,3)9-13(23)21-15-18-11-7-8-12(20-16(24)25)19-14(11)22(15)10-5-4-6-10/h4-8H,9H2,1-3H3,(H,19,20)(H,24,25)(H,18,21,23). The quantitative estimate of drug-likeness (QED) is 0.790. The zero-order chi connectivity index (χ0) is 18.2. The van der Waals surface area contributed by atoms with Crippen molar-refractivity contribution in [2.45, 2.75) is 27.2 Å². The number of allylic oxidation sites excluding steroid dienone is 4. The SMILES string of the molecule is CC(C)(C)CC(=O)Nc1nc2ccc(NC(=O)O)nc2n1C1=CC=C1. The van der Waals surface area contributed by atoms with Gasteiger partial charge in [0.05, 0.1) is 5.70 Å². The van der Waals surface area contributed by atoms with Crippen molar-refractivity contribution in [3.05, 3.63) is 30.4 Å². The molecule has 1 aliphatic rings. The molecule has 2 heterocycles. The molecule has 0 atom stereocenters. The molecule has 2 aromatic heterocycles. The number of hydrogen-bond donors (Lipinski definition) is 3. The fourth-order valence-corrected chi connectivity index (χ4v) is 2.45. The smallest absolute Gasteiger partial charge is 0.410 e. The lowest BCUT2D eigenvalue weighted by Crippen LogP contribution is -2.21. The van der Waals surface area contributed by atoms with Gasteiger partial charge in [-0.15, -0.1) is 0 Å². The summed E-state index contributed by atoms with van der Waals surface area (Å²) in [7, 11) is 0. The molecule has 8 heteroatoms. The van der Waals surface area contributed by atoms with Crippen molar-refractivity contribution in [2.75, 3.05) is 10.6 Å². The molecular formula is C17H19N5O3. The molecule has 0 unspecified atom stereocenters. The van der Waals surface area contributed by atoms with Gasteiger partial charge in [-0.2, -0.15) is 0 Å². The van der Waals surface area contributed by atoms with E-state index < -0.39 is 6.09 Å². The van der Waals surface area contributed by atoms with Gasteiger partial charge in [-0.05, 0) is 29.7 Å². The zero-order valence-electron chi connectivity index (χ0n) is 14.2. The van der Waals surface area contributed by atoms with Crippen LogP contribution >= 0.6 is 0 Å². The van der Waals surface area contributed by atoms with E-state index in [0.717, 1.165) is 5.70 Å². The number of carboxylic acid groups (broad SMARTS) is 1. The summed E-state index contributed by atoms with van der Waals surface area (Å²) in [6.45, 7) is 5.95. The van der Waals surface area contributed by atoms with Crippen LogP contribution in [0.4, 0.5) is 16.6 Å². The molecular weight excluding hydrogens is 322 g/mol. The molecule has 8 nitrogen and oxygen atoms in total. The Morgan fingerprint density at radius 3 is 2.48 bits per heavy atom. The molecule has 0 aliphatic heterocycles. The van der Waals surface area contributed by atoms with E-state index in [9.17, 15) is 9.59 Å². The molecule has 3 N–H and O–H groups in total. The van der Waals surface area contributed by atoms with Gasteiger partial charge in [0.1, 0.15) is 11.3 Å². The van der Waals surface area contributed by atoms with Crippen LogP contribution in [0.3, 0.4) is 0 Å². The molecule has 130 valence electrons. The Balaban J connectivity index is 2.00. The summed E-state index contributed by atoms with van der Waals surface area (Å²) in [5, 5.41) is 13.9. The van der Waals surface area contributed by atoms with Gasteiger partial charge >= 0.3 is 6.09 Å². The normalized spacial score (nSPS) is 13.3. The topological polar surface area (TPSA) is 109 Å². The van der Waals surface area contributed by atoms with Crippen LogP contribution in [0.2, 0.25) is 0 Å². The minimum Gasteiger partial charge on any atom is -0.465 e. The Morgan fingerprint density at radius 1 is 1.20 bits per heavy atom. The molecule has 0 spiro atoms. The Kier molecular flexibility index (Phi) is 4.03. The van der Waals surface area contributed by atoms with E-state index in [2.05, 4.69) is 20.6 Å². The van der Waals surface area contributed by atoms with Crippen molar-refractivity contribution in [1.82, 2.24) is 14.5 Å². The van der Waals surface area contributed by atoms with Crippen molar-refractivity contribution in [3.63, 3.8) is 0 Å². The van der Waals surface area contributed by atoms with Crippen LogP contribution < -0.4 is 10.6 Å². The number of pyridine rings is 1. The molecule has 0 saturated carbocycles. The number of carbonyl (C=O) groups is 2. The van der Waals surface area contributed by atoms with Crippen molar-refractivity contribution < 1.29 is 14.7 Å². The van der Waals surface area contributed by atoms with E-state index in [1.54, 1.807) is 10.6 Å². The Bertz CT molecular complexity index is 918. The van der Waals surface area contributed by atoms with Crippen molar-refractivity contribution >= 4 is 40.6 Å². The fraction of sp³-hybridized carbons (Fsp3) is 0.294. The van der Waals surface area contributed by atoms with Crippen LogP contribution in [0.25, 0.3) is 16.9 Å². The lowest BCUT2D eigenvalue weighted by Gasteiger charge is -2.18. The summed E-state index contributed by atoms with van der Waals surface area (Å²) in [5.74, 6) is 0.411. The average Bonchev–Trinajstić information content (AvgIpc) is 2.72. The molecule has 0 aromatic carbocycles. The van der Waals surface area contributed by atoms with Gasteiger partial charge in [-0.25, -0.2) is 14.8 Å². The highest BCUT2D eigenvalue weighted by atomic mass is 16.4. The number of carbonyl (C=O) groups excluding carboxylic acids is 1. The third-order valence-electron chi connectivity index (χ3n) is 3.47. The zero-order valence-corrected chi connectivity index (χ0v) is 14.2. The number of anilines is 2. The fourth-order valence-electron chi connectivity index (χ4n) is 2.45. The van der Waals surface area contributed by atoms with Gasteiger partial charge in [-0.1, -0.05) is 26.8 Å². The lowest BCUT2D eigenvalue weighted by molar-refractivity contribution is -0.117. The van der Waals surface area contributed by atoms with Gasteiger partial charge in [-0.3, -0.25) is 20.0 Å². The molecule has 2 amide bonds. The van der Waals surface area contributed by atoms with Gasteiger partial charge in [0, 0.05) is 6.42 Å². The molecule has 25 heavy (non-hydrogen) atoms. The van der Waals surface area contributed by atoms with Crippen LogP contribution in [0.15, 0.2) is 30.4 Å². The number of amides is 2. The number of imidazole rings is 1. The van der Waals surface area contributed by atoms with Crippen LogP contribution in [0.5, 0.6) is 0 Å². The first-order chi connectivity index (χ1) is 11.7. The highest BCUT2D eigenvalue weighted by Gasteiger charge is 2.21. The van der Waals surface area contributed by atoms with Crippen molar-refractivity contribution in [1.29, 1.82) is 0 Å². The minimum atomic E-state index is -1.20. The van der Waals surface area contributed by atoms with Gasteiger partial charge < -0.3 is 5.11 Å². The molecule has 0 saturated heterocycles. The van der Waals surface area contributed by atoms with E-state index in [1.165, 1.54) is 6.07 Å². The Morgan fingerprint density at radius 2 is 1.92 bits per heavy atom. The highest BCUT2D eigenvalue weighted by molar-refractivity contribution is 5.94. The first-order valence-corrected chi connectivity index (χ1v) is 7.81. The Hall–Kier alpha value is -3.16. The maximum atomic E-state index is 12.3. The largest absolute Gasteiger partial charge is 0.465 e. The van der Waals surface area contributed by atoms with Gasteiger partial charge in [0.2, 0.25) is 11.9 Å². The molecule has 1 aliphatic carbocycles. The second-order valence-electron chi connectivity index (χ2n) is 6.98. The van der Waals surface area contributed by atoms with E-state index in [-0.39, 0.29) is 17.1 Å². The summed E-state index contributed by atoms with van der Waals surface area (Å²) in [5.41, 5.74) is 1.69. The molecule has 0 radical (unpaired) electrons. The highest BCUT2D eigenvalue weighted by Crippen LogP contribution is 2.28. The third-order valence-corrected chi connectivity index (χ3v) is 3.47. The third kappa shape index (κ3) is 3.68. The summed E-state index contributed by atoms with van der Waals surface area (Å²) in [6, 6.07) is 3.19. The molecule has 2 aromatic rings. The molecule has 3 rings (SSSR count). The summed E-state index contributed by atoms with van der Waals surface area (Å²) < 4.78 is 1.70. The second-order valence-corrected chi connectivity index (χ2v) is 6.98. The Labute approximate surface area is 144 Å². The van der Waals surface area contributed by atoms with E-state index in [4.69, 9.17) is 5.11 Å². The number of hydrogen-bond acceptors (Lipinski definition) is 4. The predicted molar refractivity (Wildman–Crippen MR) is 95.3 cm³/mol. The minimum absolute atomic E-state index is 0.142. The van der Waals surface area contributed by atoms with Crippen LogP contribution in [0.1, 0.15) is 27.2 Å². The first kappa shape index (κ1) is 16.7. The van der Waals surface area contributed by atoms with E-state index in [0.29, 0.717) is 23.5 Å². The number of nitrogens with zero attached hydrogens (tertiary/aromatic N) is 3. The van der Waals surface area contributed by atoms with E-state index >= 15 is 0 Å². The number of fused-ring (bicyclic) bond motifs is 1. The maximum Gasteiger partial charge on any atom is 0.410 e. The average molecular weight is 341 g/mol. The van der Waals surface area contributed by atoms with Crippen LogP contribution in [-0.2, 0) is 4.79 Å².